The zero-order valence-corrected chi connectivity index (χ0v) is 13.7. The summed E-state index contributed by atoms with van der Waals surface area (Å²) >= 11 is 0. The van der Waals surface area contributed by atoms with Gasteiger partial charge in [0.25, 0.3) is 0 Å². The molecule has 0 aromatic heterocycles. The van der Waals surface area contributed by atoms with Crippen molar-refractivity contribution in [2.24, 2.45) is 0 Å². The van der Waals surface area contributed by atoms with Crippen LogP contribution in [0.5, 0.6) is 0 Å². The fourth-order valence-electron chi connectivity index (χ4n) is 0. The van der Waals surface area contributed by atoms with E-state index >= 15 is 0 Å². The van der Waals surface area contributed by atoms with E-state index in [1.807, 2.05) is 20.8 Å². The van der Waals surface area contributed by atoms with Gasteiger partial charge in [0.15, 0.2) is 0 Å². The predicted octanol–water partition coefficient (Wildman–Crippen LogP) is 3.74. The van der Waals surface area contributed by atoms with Crippen molar-refractivity contribution >= 4 is 9.90 Å². The molecule has 0 N–H and O–H groups in total. The van der Waals surface area contributed by atoms with Crippen LogP contribution in [0.4, 0.5) is 0 Å². The first-order chi connectivity index (χ1) is 4.24. The molecule has 13 heavy (non-hydrogen) atoms. The molecule has 0 bridgehead atoms. The molecule has 0 amide bonds. The average molecular weight is 331 g/mol. The van der Waals surface area contributed by atoms with Gasteiger partial charge >= 0.3 is 0 Å². The Morgan fingerprint density at radius 3 is 0.615 bits per heavy atom. The van der Waals surface area contributed by atoms with E-state index in [0.717, 1.165) is 19.3 Å². The summed E-state index contributed by atoms with van der Waals surface area (Å²) in [6.07, 6.45) is 3.00. The minimum absolute atomic E-state index is 0. The zero-order chi connectivity index (χ0) is 8.12. The fourth-order valence-corrected chi connectivity index (χ4v) is 0. The summed E-state index contributed by atoms with van der Waals surface area (Å²) in [4.78, 5) is 0. The third-order valence-corrected chi connectivity index (χ3v) is 0. The fraction of sp³-hybridized carbons (Fsp3) is 0.667. The molecule has 0 saturated carbocycles. The van der Waals surface area contributed by atoms with Crippen molar-refractivity contribution in [1.29, 1.82) is 0 Å². The standard InChI is InChI=1S/3C3H7.3Fe.H3P/c3*1-3-2;;;;/h3*1,3H2,2H3;;;;1H3/q3*-1;;;;. The first-order valence-corrected chi connectivity index (χ1v) is 3.62. The van der Waals surface area contributed by atoms with Gasteiger partial charge in [-0.15, -0.1) is 0 Å². The molecule has 0 radical (unpaired) electrons. The smallest absolute Gasteiger partial charge is 0 e. The van der Waals surface area contributed by atoms with Crippen LogP contribution in [0.3, 0.4) is 0 Å². The quantitative estimate of drug-likeness (QED) is 0.360. The first kappa shape index (κ1) is 46.0. The summed E-state index contributed by atoms with van der Waals surface area (Å²) in [6.45, 7) is 16.5. The summed E-state index contributed by atoms with van der Waals surface area (Å²) in [5.41, 5.74) is 0. The van der Waals surface area contributed by atoms with Gasteiger partial charge in [0.2, 0.25) is 0 Å². The largest absolute Gasteiger partial charge is 0.344 e. The van der Waals surface area contributed by atoms with E-state index in [4.69, 9.17) is 0 Å². The maximum Gasteiger partial charge on any atom is 0 e. The predicted molar refractivity (Wildman–Crippen MR) is 58.0 cm³/mol. The maximum absolute atomic E-state index is 3.49. The SMILES string of the molecule is P.[CH2-]CC.[CH2-]CC.[CH2-]CC.[Fe].[Fe].[Fe]. The molecular weight excluding hydrogens is 307 g/mol. The molecule has 0 spiro atoms. The van der Waals surface area contributed by atoms with Gasteiger partial charge in [0, 0.05) is 51.2 Å². The third-order valence-electron chi connectivity index (χ3n) is 0. The van der Waals surface area contributed by atoms with Gasteiger partial charge in [-0.2, -0.15) is 29.2 Å². The molecule has 92 valence electrons. The molecule has 4 heteroatoms. The second-order valence-corrected chi connectivity index (χ2v) is 1.50. The molecule has 0 rings (SSSR count). The Bertz CT molecular complexity index is 19.6. The van der Waals surface area contributed by atoms with Gasteiger partial charge in [-0.05, 0) is 0 Å². The minimum Gasteiger partial charge on any atom is -0.344 e. The maximum atomic E-state index is 3.49. The normalized spacial score (nSPS) is 4.15. The topological polar surface area (TPSA) is 0 Å². The molecule has 0 aliphatic rings. The Morgan fingerprint density at radius 1 is 0.615 bits per heavy atom. The molecule has 0 aliphatic heterocycles. The monoisotopic (exact) mass is 331 g/mol. The van der Waals surface area contributed by atoms with E-state index < -0.39 is 0 Å². The molecular formula is C9H24Fe3P-3. The molecule has 0 aromatic carbocycles. The van der Waals surface area contributed by atoms with Crippen LogP contribution in [0, 0.1) is 20.8 Å². The van der Waals surface area contributed by atoms with Crippen molar-refractivity contribution in [3.63, 3.8) is 0 Å². The van der Waals surface area contributed by atoms with Crippen molar-refractivity contribution in [1.82, 2.24) is 0 Å². The van der Waals surface area contributed by atoms with E-state index in [2.05, 4.69) is 20.8 Å². The average Bonchev–Trinajstić information content (AvgIpc) is 1.70. The molecule has 0 aromatic rings. The van der Waals surface area contributed by atoms with E-state index in [9.17, 15) is 0 Å². The van der Waals surface area contributed by atoms with Crippen molar-refractivity contribution in [3.05, 3.63) is 20.8 Å². The third kappa shape index (κ3) is 508. The Hall–Kier alpha value is 1.99. The van der Waals surface area contributed by atoms with Crippen LogP contribution in [0.15, 0.2) is 0 Å². The molecule has 0 aliphatic carbocycles. The van der Waals surface area contributed by atoms with E-state index in [1.54, 1.807) is 0 Å². The van der Waals surface area contributed by atoms with Gasteiger partial charge in [-0.25, -0.2) is 0 Å². The van der Waals surface area contributed by atoms with Gasteiger partial charge in [0.1, 0.15) is 0 Å². The van der Waals surface area contributed by atoms with Crippen LogP contribution >= 0.6 is 9.90 Å². The van der Waals surface area contributed by atoms with Crippen LogP contribution in [-0.2, 0) is 51.2 Å². The Morgan fingerprint density at radius 2 is 0.615 bits per heavy atom. The minimum atomic E-state index is 0. The van der Waals surface area contributed by atoms with Crippen LogP contribution in [-0.4, -0.2) is 0 Å². The molecule has 0 nitrogen and oxygen atoms in total. The van der Waals surface area contributed by atoms with Gasteiger partial charge in [-0.1, -0.05) is 20.8 Å². The van der Waals surface area contributed by atoms with Gasteiger partial charge < -0.3 is 20.8 Å². The van der Waals surface area contributed by atoms with E-state index in [1.165, 1.54) is 0 Å². The molecule has 1 atom stereocenters. The van der Waals surface area contributed by atoms with Crippen LogP contribution in [0.25, 0.3) is 0 Å². The summed E-state index contributed by atoms with van der Waals surface area (Å²) < 4.78 is 0. The van der Waals surface area contributed by atoms with Crippen molar-refractivity contribution in [3.8, 4) is 0 Å². The Labute approximate surface area is 121 Å². The van der Waals surface area contributed by atoms with Gasteiger partial charge in [0.05, 0.1) is 0 Å². The summed E-state index contributed by atoms with van der Waals surface area (Å²) in [6, 6.07) is 0. The van der Waals surface area contributed by atoms with Crippen LogP contribution in [0.1, 0.15) is 40.0 Å². The summed E-state index contributed by atoms with van der Waals surface area (Å²) in [7, 11) is 0. The molecule has 0 fully saturated rings. The van der Waals surface area contributed by atoms with Crippen LogP contribution < -0.4 is 0 Å². The van der Waals surface area contributed by atoms with Crippen molar-refractivity contribution in [2.75, 3.05) is 0 Å². The Kier molecular flexibility index (Phi) is 335. The van der Waals surface area contributed by atoms with E-state index in [0.29, 0.717) is 0 Å². The van der Waals surface area contributed by atoms with E-state index in [-0.39, 0.29) is 61.1 Å². The number of rotatable bonds is 0. The summed E-state index contributed by atoms with van der Waals surface area (Å²) in [5, 5.41) is 0. The summed E-state index contributed by atoms with van der Waals surface area (Å²) in [5.74, 6) is 0. The van der Waals surface area contributed by atoms with Crippen LogP contribution in [0.2, 0.25) is 0 Å². The Balaban J connectivity index is -0.00000000720. The van der Waals surface area contributed by atoms with Crippen molar-refractivity contribution < 1.29 is 51.2 Å². The number of hydrogen-bond donors (Lipinski definition) is 0. The number of hydrogen-bond acceptors (Lipinski definition) is 0. The molecule has 0 saturated heterocycles. The first-order valence-electron chi connectivity index (χ1n) is 3.62. The molecule has 0 heterocycles. The zero-order valence-electron chi connectivity index (χ0n) is 9.01. The second kappa shape index (κ2) is 94.8. The molecule has 1 unspecified atom stereocenters. The second-order valence-electron chi connectivity index (χ2n) is 1.50. The van der Waals surface area contributed by atoms with Gasteiger partial charge in [-0.3, -0.25) is 0 Å². The van der Waals surface area contributed by atoms with Crippen molar-refractivity contribution in [2.45, 2.75) is 40.0 Å².